The molecule has 1 aliphatic carbocycles. The molecule has 136 valence electrons. The first kappa shape index (κ1) is 17.9. The predicted molar refractivity (Wildman–Crippen MR) is 95.9 cm³/mol. The largest absolute Gasteiger partial charge is 0.480 e. The second kappa shape index (κ2) is 7.58. The van der Waals surface area contributed by atoms with Crippen molar-refractivity contribution >= 4 is 12.1 Å². The molecule has 1 N–H and O–H groups in total. The lowest BCUT2D eigenvalue weighted by atomic mass is 10.0. The van der Waals surface area contributed by atoms with Crippen LogP contribution in [0.1, 0.15) is 23.6 Å². The van der Waals surface area contributed by atoms with E-state index in [0.717, 1.165) is 22.3 Å². The van der Waals surface area contributed by atoms with E-state index >= 15 is 0 Å². The molecule has 6 nitrogen and oxygen atoms in total. The van der Waals surface area contributed by atoms with Crippen LogP contribution in [0.25, 0.3) is 11.1 Å². The summed E-state index contributed by atoms with van der Waals surface area (Å²) in [6.07, 6.45) is -0.507. The molecule has 0 aromatic heterocycles. The topological polar surface area (TPSA) is 76.1 Å². The van der Waals surface area contributed by atoms with E-state index in [1.165, 1.54) is 19.1 Å². The summed E-state index contributed by atoms with van der Waals surface area (Å²) in [5, 5.41) is 9.77. The Morgan fingerprint density at radius 1 is 1.04 bits per heavy atom. The number of nitrogens with zero attached hydrogens (tertiary/aromatic N) is 1. The van der Waals surface area contributed by atoms with Gasteiger partial charge in [0.25, 0.3) is 0 Å². The molecule has 0 radical (unpaired) electrons. The van der Waals surface area contributed by atoms with Crippen LogP contribution in [0.3, 0.4) is 0 Å². The van der Waals surface area contributed by atoms with E-state index in [2.05, 4.69) is 0 Å². The van der Waals surface area contributed by atoms with E-state index in [0.29, 0.717) is 0 Å². The zero-order chi connectivity index (χ0) is 18.7. The van der Waals surface area contributed by atoms with Crippen LogP contribution in [-0.4, -0.2) is 48.9 Å². The number of methoxy groups -OCH3 is 2. The summed E-state index contributed by atoms with van der Waals surface area (Å²) in [6, 6.07) is 13.9. The third-order valence-corrected chi connectivity index (χ3v) is 4.68. The fourth-order valence-corrected chi connectivity index (χ4v) is 3.56. The van der Waals surface area contributed by atoms with Crippen LogP contribution >= 0.6 is 0 Å². The molecule has 1 atom stereocenters. The molecule has 1 amide bonds. The molecular formula is C20H21NO5. The van der Waals surface area contributed by atoms with Gasteiger partial charge in [0.15, 0.2) is 0 Å². The summed E-state index contributed by atoms with van der Waals surface area (Å²) < 4.78 is 9.99. The minimum absolute atomic E-state index is 0.168. The van der Waals surface area contributed by atoms with Gasteiger partial charge in [0, 0.05) is 20.1 Å². The van der Waals surface area contributed by atoms with Crippen LogP contribution < -0.4 is 0 Å². The summed E-state index contributed by atoms with van der Waals surface area (Å²) in [5.41, 5.74) is 3.78. The summed E-state index contributed by atoms with van der Waals surface area (Å²) in [6.45, 7) is 0.223. The van der Waals surface area contributed by atoms with Crippen molar-refractivity contribution in [3.05, 3.63) is 59.7 Å². The number of fused-ring (bicyclic) bond motifs is 3. The molecule has 6 heteroatoms. The monoisotopic (exact) mass is 355 g/mol. The summed E-state index contributed by atoms with van der Waals surface area (Å²) in [7, 11) is 2.76. The average molecular weight is 355 g/mol. The molecular weight excluding hydrogens is 334 g/mol. The second-order valence-corrected chi connectivity index (χ2v) is 6.09. The van der Waals surface area contributed by atoms with E-state index < -0.39 is 24.1 Å². The van der Waals surface area contributed by atoms with Crippen molar-refractivity contribution in [1.82, 2.24) is 4.90 Å². The highest BCUT2D eigenvalue weighted by molar-refractivity contribution is 5.85. The maximum absolute atomic E-state index is 12.6. The third kappa shape index (κ3) is 3.04. The zero-order valence-corrected chi connectivity index (χ0v) is 14.7. The van der Waals surface area contributed by atoms with Gasteiger partial charge in [-0.1, -0.05) is 48.5 Å². The Balaban J connectivity index is 2.15. The van der Waals surface area contributed by atoms with Gasteiger partial charge >= 0.3 is 12.1 Å². The third-order valence-electron chi connectivity index (χ3n) is 4.68. The number of carbonyl (C=O) groups excluding carboxylic acids is 1. The van der Waals surface area contributed by atoms with Gasteiger partial charge in [-0.15, -0.1) is 0 Å². The van der Waals surface area contributed by atoms with Gasteiger partial charge in [0.2, 0.25) is 0 Å². The quantitative estimate of drug-likeness (QED) is 0.860. The van der Waals surface area contributed by atoms with E-state index in [1.807, 2.05) is 48.5 Å². The van der Waals surface area contributed by atoms with Crippen molar-refractivity contribution in [2.45, 2.75) is 18.5 Å². The van der Waals surface area contributed by atoms with Crippen LogP contribution in [0.5, 0.6) is 0 Å². The van der Waals surface area contributed by atoms with Gasteiger partial charge in [-0.2, -0.15) is 0 Å². The fourth-order valence-electron chi connectivity index (χ4n) is 3.56. The lowest BCUT2D eigenvalue weighted by Crippen LogP contribution is -2.47. The van der Waals surface area contributed by atoms with Crippen molar-refractivity contribution < 1.29 is 24.2 Å². The number of carbonyl (C=O) groups is 2. The second-order valence-electron chi connectivity index (χ2n) is 6.09. The highest BCUT2D eigenvalue weighted by Gasteiger charge is 2.41. The maximum Gasteiger partial charge on any atom is 0.411 e. The van der Waals surface area contributed by atoms with Crippen molar-refractivity contribution in [1.29, 1.82) is 0 Å². The first-order valence-electron chi connectivity index (χ1n) is 8.36. The first-order chi connectivity index (χ1) is 12.6. The molecule has 2 aromatic rings. The molecule has 2 aromatic carbocycles. The molecule has 3 rings (SSSR count). The molecule has 0 heterocycles. The standard InChI is InChI=1S/C20H21NO5/c1-25-12-11-17(19(22)23)21(20(24)26-2)18-15-9-5-3-7-13(15)14-8-4-6-10-16(14)18/h3-10,17-18H,11-12H2,1-2H3,(H,22,23)/t17-/m0/s1. The smallest absolute Gasteiger partial charge is 0.411 e. The minimum Gasteiger partial charge on any atom is -0.480 e. The molecule has 0 bridgehead atoms. The summed E-state index contributed by atoms with van der Waals surface area (Å²) in [4.78, 5) is 25.9. The van der Waals surface area contributed by atoms with Gasteiger partial charge in [0.05, 0.1) is 13.2 Å². The predicted octanol–water partition coefficient (Wildman–Crippen LogP) is 3.31. The number of hydrogen-bond acceptors (Lipinski definition) is 4. The Bertz CT molecular complexity index is 774. The van der Waals surface area contributed by atoms with Gasteiger partial charge in [-0.25, -0.2) is 9.59 Å². The molecule has 0 unspecified atom stereocenters. The highest BCUT2D eigenvalue weighted by Crippen LogP contribution is 2.47. The van der Waals surface area contributed by atoms with Crippen LogP contribution in [0.15, 0.2) is 48.5 Å². The first-order valence-corrected chi connectivity index (χ1v) is 8.36. The van der Waals surface area contributed by atoms with Crippen molar-refractivity contribution in [3.8, 4) is 11.1 Å². The Kier molecular flexibility index (Phi) is 5.23. The Morgan fingerprint density at radius 3 is 2.04 bits per heavy atom. The Hall–Kier alpha value is -2.86. The lowest BCUT2D eigenvalue weighted by molar-refractivity contribution is -0.144. The fraction of sp³-hybridized carbons (Fsp3) is 0.300. The van der Waals surface area contributed by atoms with Crippen LogP contribution in [0.2, 0.25) is 0 Å². The van der Waals surface area contributed by atoms with Gasteiger partial charge in [-0.3, -0.25) is 4.90 Å². The molecule has 0 spiro atoms. The number of hydrogen-bond donors (Lipinski definition) is 1. The number of amides is 1. The molecule has 0 saturated carbocycles. The zero-order valence-electron chi connectivity index (χ0n) is 14.7. The van der Waals surface area contributed by atoms with Crippen LogP contribution in [0, 0.1) is 0 Å². The minimum atomic E-state index is -1.09. The van der Waals surface area contributed by atoms with Gasteiger partial charge < -0.3 is 14.6 Å². The molecule has 1 aliphatic rings. The molecule has 0 aliphatic heterocycles. The van der Waals surface area contributed by atoms with E-state index in [4.69, 9.17) is 9.47 Å². The van der Waals surface area contributed by atoms with E-state index in [1.54, 1.807) is 0 Å². The lowest BCUT2D eigenvalue weighted by Gasteiger charge is -2.34. The Labute approximate surface area is 152 Å². The van der Waals surface area contributed by atoms with E-state index in [-0.39, 0.29) is 13.0 Å². The van der Waals surface area contributed by atoms with Crippen LogP contribution in [-0.2, 0) is 14.3 Å². The van der Waals surface area contributed by atoms with Crippen molar-refractivity contribution in [3.63, 3.8) is 0 Å². The number of ether oxygens (including phenoxy) is 2. The van der Waals surface area contributed by atoms with E-state index in [9.17, 15) is 14.7 Å². The molecule has 0 saturated heterocycles. The van der Waals surface area contributed by atoms with Gasteiger partial charge in [0.1, 0.15) is 6.04 Å². The SMILES string of the molecule is COCC[C@@H](C(=O)O)N(C(=O)OC)C1c2ccccc2-c2ccccc21. The normalized spacial score (nSPS) is 13.6. The molecule has 0 fully saturated rings. The van der Waals surface area contributed by atoms with Crippen molar-refractivity contribution in [2.24, 2.45) is 0 Å². The highest BCUT2D eigenvalue weighted by atomic mass is 16.5. The maximum atomic E-state index is 12.6. The number of benzene rings is 2. The van der Waals surface area contributed by atoms with Crippen molar-refractivity contribution in [2.75, 3.05) is 20.8 Å². The molecule has 26 heavy (non-hydrogen) atoms. The van der Waals surface area contributed by atoms with Crippen LogP contribution in [0.4, 0.5) is 4.79 Å². The Morgan fingerprint density at radius 2 is 1.58 bits per heavy atom. The number of carboxylic acid groups (broad SMARTS) is 1. The summed E-state index contributed by atoms with van der Waals surface area (Å²) in [5.74, 6) is -1.09. The number of rotatable bonds is 6. The number of carboxylic acids is 1. The van der Waals surface area contributed by atoms with Gasteiger partial charge in [-0.05, 0) is 22.3 Å². The number of aliphatic carboxylic acids is 1. The average Bonchev–Trinajstić information content (AvgIpc) is 2.99. The summed E-state index contributed by atoms with van der Waals surface area (Å²) >= 11 is 0.